The predicted octanol–water partition coefficient (Wildman–Crippen LogP) is 21.5. The lowest BCUT2D eigenvalue weighted by atomic mass is 9.88. The number of fused-ring (bicyclic) bond motifs is 14. The number of hydrogen-bond acceptors (Lipinski definition) is 3. The number of nitriles is 1. The molecule has 0 saturated heterocycles. The third kappa shape index (κ3) is 6.06. The highest BCUT2D eigenvalue weighted by Gasteiger charge is 2.34. The van der Waals surface area contributed by atoms with E-state index >= 15 is 0 Å². The summed E-state index contributed by atoms with van der Waals surface area (Å²) in [6.45, 7) is 9.57. The van der Waals surface area contributed by atoms with Crippen LogP contribution in [0.15, 0.2) is 243 Å². The van der Waals surface area contributed by atoms with Crippen LogP contribution < -0.4 is 0 Å². The fourth-order valence-corrected chi connectivity index (χ4v) is 16.0. The van der Waals surface area contributed by atoms with Crippen LogP contribution >= 0.6 is 22.7 Å². The van der Waals surface area contributed by atoms with E-state index in [1.807, 2.05) is 72.8 Å². The summed E-state index contributed by atoms with van der Waals surface area (Å²) in [5.41, 5.74) is 12.5. The maximum Gasteiger partial charge on any atom is 0.220 e. The third-order valence-electron chi connectivity index (χ3n) is 16.4. The lowest BCUT2D eigenvalue weighted by Gasteiger charge is -2.26. The molecule has 4 nitrogen and oxygen atoms in total. The Kier molecular flexibility index (Phi) is 8.72. The minimum atomic E-state index is -0.295. The monoisotopic (exact) mass is 1050 g/mol. The molecule has 17 aromatic rings. The number of thiophene rings is 2. The van der Waals surface area contributed by atoms with Gasteiger partial charge in [0.15, 0.2) is 0 Å². The highest BCUT2D eigenvalue weighted by atomic mass is 32.1. The lowest BCUT2D eigenvalue weighted by Crippen LogP contribution is -2.09. The van der Waals surface area contributed by atoms with E-state index in [1.54, 1.807) is 22.7 Å². The first-order chi connectivity index (χ1) is 41.3. The smallest absolute Gasteiger partial charge is 0.220 e. The van der Waals surface area contributed by atoms with Crippen LogP contribution in [0.5, 0.6) is 0 Å². The maximum absolute atomic E-state index is 12.5. The Bertz CT molecular complexity index is 5520. The van der Waals surface area contributed by atoms with Crippen molar-refractivity contribution < 1.29 is 5.48 Å². The van der Waals surface area contributed by atoms with Crippen molar-refractivity contribution in [3.05, 3.63) is 260 Å². The summed E-state index contributed by atoms with van der Waals surface area (Å²) in [6, 6.07) is 77.3. The van der Waals surface area contributed by atoms with E-state index in [1.165, 1.54) is 0 Å². The van der Waals surface area contributed by atoms with E-state index in [0.717, 1.165) is 112 Å². The average molecular weight is 1050 g/mol. The molecule has 0 aliphatic carbocycles. The summed E-state index contributed by atoms with van der Waals surface area (Å²) < 4.78 is 45.7. The molecule has 6 heteroatoms. The van der Waals surface area contributed by atoms with E-state index in [4.69, 9.17) is 2.74 Å². The Morgan fingerprint density at radius 1 is 0.388 bits per heavy atom. The fourth-order valence-electron chi connectivity index (χ4n) is 13.2. The molecule has 0 aliphatic heterocycles. The number of benzene rings is 13. The Hall–Kier alpha value is -10.3. The molecule has 0 aliphatic rings. The number of rotatable bonds is 6. The van der Waals surface area contributed by atoms with Crippen molar-refractivity contribution in [3.63, 3.8) is 0 Å². The predicted molar refractivity (Wildman–Crippen MR) is 340 cm³/mol. The largest absolute Gasteiger partial charge is 0.318 e. The van der Waals surface area contributed by atoms with Crippen LogP contribution in [-0.2, 0) is 0 Å². The Balaban J connectivity index is 1.15. The van der Waals surface area contributed by atoms with E-state index in [0.29, 0.717) is 55.2 Å². The van der Waals surface area contributed by atoms with Crippen LogP contribution in [0.3, 0.4) is 0 Å². The van der Waals surface area contributed by atoms with Gasteiger partial charge in [0.1, 0.15) is 6.07 Å². The summed E-state index contributed by atoms with van der Waals surface area (Å²) >= 11 is 3.55. The molecule has 0 radical (unpaired) electrons. The van der Waals surface area contributed by atoms with E-state index in [2.05, 4.69) is 166 Å². The minimum absolute atomic E-state index is 0.106. The van der Waals surface area contributed by atoms with Crippen molar-refractivity contribution in [1.82, 2.24) is 9.13 Å². The first-order valence-corrected chi connectivity index (χ1v) is 28.2. The molecular formula is C74H40N4S2. The maximum atomic E-state index is 12.5. The van der Waals surface area contributed by atoms with E-state index in [9.17, 15) is 14.6 Å². The highest BCUT2D eigenvalue weighted by molar-refractivity contribution is 7.28. The second kappa shape index (κ2) is 17.1. The fraction of sp³-hybridized carbons (Fsp3) is 0. The number of aromatic nitrogens is 2. The van der Waals surface area contributed by atoms with Gasteiger partial charge in [0.25, 0.3) is 0 Å². The number of nitrogens with zero attached hydrogens (tertiary/aromatic N) is 4. The van der Waals surface area contributed by atoms with Gasteiger partial charge in [0, 0.05) is 63.6 Å². The second-order valence-electron chi connectivity index (χ2n) is 20.4. The van der Waals surface area contributed by atoms with Crippen LogP contribution in [0.25, 0.3) is 166 Å². The molecule has 368 valence electrons. The molecule has 0 bridgehead atoms. The third-order valence-corrected chi connectivity index (χ3v) is 19.0. The van der Waals surface area contributed by atoms with E-state index < -0.39 is 0 Å². The first kappa shape index (κ1) is 40.9. The Morgan fingerprint density at radius 2 is 0.800 bits per heavy atom. The van der Waals surface area contributed by atoms with Crippen LogP contribution in [-0.4, -0.2) is 9.13 Å². The Labute approximate surface area is 472 Å². The van der Waals surface area contributed by atoms with Gasteiger partial charge in [0.05, 0.1) is 60.5 Å². The summed E-state index contributed by atoms with van der Waals surface area (Å²) in [7, 11) is 0. The van der Waals surface area contributed by atoms with Crippen molar-refractivity contribution in [2.45, 2.75) is 0 Å². The summed E-state index contributed by atoms with van der Waals surface area (Å²) in [5.74, 6) is 0. The minimum Gasteiger partial charge on any atom is -0.318 e. The van der Waals surface area contributed by atoms with Crippen molar-refractivity contribution >= 4 is 134 Å². The van der Waals surface area contributed by atoms with Gasteiger partial charge in [-0.15, -0.1) is 22.7 Å². The quantitative estimate of drug-likeness (QED) is 0.121. The second-order valence-corrected chi connectivity index (χ2v) is 22.5. The van der Waals surface area contributed by atoms with Gasteiger partial charge in [-0.3, -0.25) is 0 Å². The van der Waals surface area contributed by atoms with Gasteiger partial charge in [-0.25, -0.2) is 4.85 Å². The molecule has 0 N–H and O–H groups in total. The molecule has 13 aromatic carbocycles. The molecule has 17 rings (SSSR count). The standard InChI is InChI=1S/C74H40N4S2/c1-76-66-62(45-24-10-4-11-25-45)59(42-75)67(63(46-26-12-5-13-27-46)70(66)77-60-36-18-32-51-49-28-14-15-29-50(49)52-33-19-37-61(77)65(52)64(51)60)78-68-53(38-40-57-55-34-16-30-47(71(55)79-73(57)68)43-20-6-2-7-21-43)54-39-41-58-56-35-17-31-48(44-22-8-3-9-23-44)72(56)80-74(58)69(54)78/h2-41H/i14D,15D,28D,29D. The highest BCUT2D eigenvalue weighted by Crippen LogP contribution is 2.56. The molecule has 0 spiro atoms. The van der Waals surface area contributed by atoms with Crippen molar-refractivity contribution in [1.29, 1.82) is 5.26 Å². The lowest BCUT2D eigenvalue weighted by molar-refractivity contribution is 1.14. The summed E-state index contributed by atoms with van der Waals surface area (Å²) in [5, 5.41) is 22.9. The van der Waals surface area contributed by atoms with Gasteiger partial charge < -0.3 is 9.13 Å². The first-order valence-electron chi connectivity index (χ1n) is 28.5. The zero-order valence-corrected chi connectivity index (χ0v) is 44.0. The SMILES string of the molecule is [2H]c1c([2H])c([2H])c2c3cccc4c3c3c(cccc3n4-c3c([N+]#[C-])c(-c4ccccc4)c(C#N)c(-n4c5c(ccc6c7cccc(-c8ccccc8)c7sc65)c5ccc6c7cccc(-c8ccccc8)c7sc6c54)c3-c3ccccc3)c2c1[2H]. The van der Waals surface area contributed by atoms with Gasteiger partial charge in [-0.05, 0) is 67.1 Å². The molecule has 4 heterocycles. The van der Waals surface area contributed by atoms with Crippen molar-refractivity contribution in [2.24, 2.45) is 0 Å². The molecule has 0 amide bonds. The summed E-state index contributed by atoms with van der Waals surface area (Å²) in [4.78, 5) is 4.61. The summed E-state index contributed by atoms with van der Waals surface area (Å²) in [6.07, 6.45) is 0. The van der Waals surface area contributed by atoms with Gasteiger partial charge in [-0.1, -0.05) is 230 Å². The topological polar surface area (TPSA) is 38.0 Å². The number of hydrogen-bond donors (Lipinski definition) is 0. The molecular weight excluding hydrogens is 1010 g/mol. The van der Waals surface area contributed by atoms with Gasteiger partial charge in [0.2, 0.25) is 5.69 Å². The van der Waals surface area contributed by atoms with Gasteiger partial charge in [-0.2, -0.15) is 5.26 Å². The zero-order chi connectivity index (χ0) is 56.2. The Morgan fingerprint density at radius 3 is 1.26 bits per heavy atom. The van der Waals surface area contributed by atoms with E-state index in [-0.39, 0.29) is 29.9 Å². The molecule has 0 unspecified atom stereocenters. The van der Waals surface area contributed by atoms with Crippen molar-refractivity contribution in [3.8, 4) is 62.0 Å². The molecule has 0 atom stereocenters. The normalized spacial score (nSPS) is 12.7. The average Bonchev–Trinajstić information content (AvgIpc) is 1.56. The van der Waals surface area contributed by atoms with Crippen molar-refractivity contribution in [2.75, 3.05) is 0 Å². The molecule has 0 fully saturated rings. The zero-order valence-electron chi connectivity index (χ0n) is 46.4. The van der Waals surface area contributed by atoms with Crippen LogP contribution in [0, 0.1) is 17.9 Å². The molecule has 0 saturated carbocycles. The molecule has 80 heavy (non-hydrogen) atoms. The van der Waals surface area contributed by atoms with Crippen LogP contribution in [0.1, 0.15) is 11.0 Å². The van der Waals surface area contributed by atoms with Gasteiger partial charge >= 0.3 is 0 Å². The van der Waals surface area contributed by atoms with Crippen LogP contribution in [0.4, 0.5) is 5.69 Å². The molecule has 4 aromatic heterocycles. The van der Waals surface area contributed by atoms with Crippen LogP contribution in [0.2, 0.25) is 0 Å².